The molecule has 1 unspecified atom stereocenters. The van der Waals surface area contributed by atoms with Crippen LogP contribution in [0, 0.1) is 11.8 Å². The molecule has 3 aliphatic rings. The lowest BCUT2D eigenvalue weighted by atomic mass is 9.55. The number of Topliss-reactive ketones (excluding diaryl/α,β-unsaturated/α-hetero) is 1. The molecule has 0 saturated heterocycles. The standard InChI is InChI=1S/C31H38O4/c1-20(9-8-12-22-10-4-3-5-11-22)34-24-18-29-26-14-7-6-13-25(26)27-16-15-23(33)17-28(27)31(29)30(19-24)35-21(2)32/h3-5,10-11,18-20,25-28H,6-9,12-17H2,1-2H3/t20?,25-,26+,27-,28-/m1/s1. The molecule has 0 amide bonds. The third-order valence-corrected chi connectivity index (χ3v) is 8.52. The van der Waals surface area contributed by atoms with Gasteiger partial charge in [0.1, 0.15) is 17.3 Å². The van der Waals surface area contributed by atoms with Gasteiger partial charge in [0.05, 0.1) is 6.10 Å². The van der Waals surface area contributed by atoms with Gasteiger partial charge in [-0.25, -0.2) is 0 Å². The topological polar surface area (TPSA) is 52.6 Å². The Morgan fingerprint density at radius 1 is 1.03 bits per heavy atom. The van der Waals surface area contributed by atoms with Crippen molar-refractivity contribution in [3.63, 3.8) is 0 Å². The Kier molecular flexibility index (Phi) is 7.27. The molecular weight excluding hydrogens is 436 g/mol. The second-order valence-corrected chi connectivity index (χ2v) is 10.9. The average molecular weight is 475 g/mol. The van der Waals surface area contributed by atoms with Crippen LogP contribution in [0.25, 0.3) is 0 Å². The molecule has 2 aromatic carbocycles. The zero-order valence-corrected chi connectivity index (χ0v) is 21.1. The van der Waals surface area contributed by atoms with Gasteiger partial charge in [0.2, 0.25) is 0 Å². The van der Waals surface area contributed by atoms with Crippen LogP contribution in [0.3, 0.4) is 0 Å². The summed E-state index contributed by atoms with van der Waals surface area (Å²) in [6.45, 7) is 3.58. The molecule has 186 valence electrons. The molecule has 4 nitrogen and oxygen atoms in total. The summed E-state index contributed by atoms with van der Waals surface area (Å²) in [7, 11) is 0. The minimum absolute atomic E-state index is 0.0664. The lowest BCUT2D eigenvalue weighted by molar-refractivity contribution is -0.132. The quantitative estimate of drug-likeness (QED) is 0.316. The smallest absolute Gasteiger partial charge is 0.308 e. The summed E-state index contributed by atoms with van der Waals surface area (Å²) in [5, 5.41) is 0. The predicted molar refractivity (Wildman–Crippen MR) is 137 cm³/mol. The van der Waals surface area contributed by atoms with Crippen molar-refractivity contribution in [3.05, 3.63) is 59.2 Å². The monoisotopic (exact) mass is 474 g/mol. The van der Waals surface area contributed by atoms with E-state index in [4.69, 9.17) is 9.47 Å². The van der Waals surface area contributed by atoms with E-state index in [1.807, 2.05) is 12.1 Å². The fraction of sp³-hybridized carbons (Fsp3) is 0.548. The third-order valence-electron chi connectivity index (χ3n) is 8.52. The fourth-order valence-corrected chi connectivity index (χ4v) is 7.08. The van der Waals surface area contributed by atoms with E-state index in [1.165, 1.54) is 43.7 Å². The van der Waals surface area contributed by atoms with Gasteiger partial charge in [0.25, 0.3) is 0 Å². The summed E-state index contributed by atoms with van der Waals surface area (Å²) >= 11 is 0. The van der Waals surface area contributed by atoms with Crippen molar-refractivity contribution in [2.75, 3.05) is 0 Å². The van der Waals surface area contributed by atoms with E-state index >= 15 is 0 Å². The third kappa shape index (κ3) is 5.32. The van der Waals surface area contributed by atoms with E-state index in [2.05, 4.69) is 37.3 Å². The summed E-state index contributed by atoms with van der Waals surface area (Å²) in [6.07, 6.45) is 10.3. The van der Waals surface area contributed by atoms with Crippen molar-refractivity contribution in [1.29, 1.82) is 0 Å². The van der Waals surface area contributed by atoms with Gasteiger partial charge < -0.3 is 9.47 Å². The molecule has 0 N–H and O–H groups in total. The second kappa shape index (κ2) is 10.6. The molecule has 35 heavy (non-hydrogen) atoms. The molecule has 2 fully saturated rings. The number of carbonyl (C=O) groups is 2. The molecular formula is C31H38O4. The van der Waals surface area contributed by atoms with Crippen LogP contribution in [0.15, 0.2) is 42.5 Å². The fourth-order valence-electron chi connectivity index (χ4n) is 7.08. The van der Waals surface area contributed by atoms with Crippen molar-refractivity contribution < 1.29 is 19.1 Å². The maximum atomic E-state index is 12.5. The highest BCUT2D eigenvalue weighted by Gasteiger charge is 2.47. The first-order valence-corrected chi connectivity index (χ1v) is 13.6. The van der Waals surface area contributed by atoms with Gasteiger partial charge in [-0.3, -0.25) is 9.59 Å². The number of aryl methyl sites for hydroxylation is 1. The number of ketones is 1. The number of ether oxygens (including phenoxy) is 2. The molecule has 0 aliphatic heterocycles. The number of carbonyl (C=O) groups excluding carboxylic acids is 2. The average Bonchev–Trinajstić information content (AvgIpc) is 2.84. The number of hydrogen-bond acceptors (Lipinski definition) is 4. The Labute approximate surface area is 209 Å². The van der Waals surface area contributed by atoms with E-state index in [0.717, 1.165) is 37.0 Å². The molecule has 0 spiro atoms. The summed E-state index contributed by atoms with van der Waals surface area (Å²) in [6, 6.07) is 14.7. The van der Waals surface area contributed by atoms with Crippen LogP contribution in [-0.2, 0) is 16.0 Å². The molecule has 0 heterocycles. The number of benzene rings is 2. The zero-order chi connectivity index (χ0) is 24.4. The molecule has 0 bridgehead atoms. The van der Waals surface area contributed by atoms with Crippen LogP contribution in [0.4, 0.5) is 0 Å². The van der Waals surface area contributed by atoms with Crippen molar-refractivity contribution >= 4 is 11.8 Å². The first kappa shape index (κ1) is 24.1. The van der Waals surface area contributed by atoms with Crippen LogP contribution in [-0.4, -0.2) is 17.9 Å². The zero-order valence-electron chi connectivity index (χ0n) is 21.1. The van der Waals surface area contributed by atoms with Crippen LogP contribution in [0.2, 0.25) is 0 Å². The van der Waals surface area contributed by atoms with Gasteiger partial charge in [0, 0.05) is 31.4 Å². The molecule has 5 rings (SSSR count). The van der Waals surface area contributed by atoms with Gasteiger partial charge in [0.15, 0.2) is 0 Å². The highest BCUT2D eigenvalue weighted by molar-refractivity contribution is 5.81. The lowest BCUT2D eigenvalue weighted by Crippen LogP contribution is -2.39. The maximum Gasteiger partial charge on any atom is 0.308 e. The van der Waals surface area contributed by atoms with Gasteiger partial charge in [-0.05, 0) is 86.3 Å². The van der Waals surface area contributed by atoms with Crippen molar-refractivity contribution in [2.24, 2.45) is 11.8 Å². The molecule has 2 aromatic rings. The number of rotatable bonds is 7. The van der Waals surface area contributed by atoms with E-state index in [9.17, 15) is 9.59 Å². The van der Waals surface area contributed by atoms with E-state index in [1.54, 1.807) is 0 Å². The number of esters is 1. The Morgan fingerprint density at radius 3 is 2.60 bits per heavy atom. The lowest BCUT2D eigenvalue weighted by Gasteiger charge is -2.49. The number of fused-ring (bicyclic) bond motifs is 6. The molecule has 4 heteroatoms. The number of hydrogen-bond donors (Lipinski definition) is 0. The Hall–Kier alpha value is -2.62. The Balaban J connectivity index is 1.41. The predicted octanol–water partition coefficient (Wildman–Crippen LogP) is 7.14. The minimum atomic E-state index is -0.315. The largest absolute Gasteiger partial charge is 0.491 e. The summed E-state index contributed by atoms with van der Waals surface area (Å²) < 4.78 is 12.2. The van der Waals surface area contributed by atoms with E-state index in [0.29, 0.717) is 42.1 Å². The van der Waals surface area contributed by atoms with Gasteiger partial charge >= 0.3 is 5.97 Å². The highest BCUT2D eigenvalue weighted by Crippen LogP contribution is 2.59. The molecule has 3 aliphatic carbocycles. The van der Waals surface area contributed by atoms with Crippen LogP contribution >= 0.6 is 0 Å². The van der Waals surface area contributed by atoms with E-state index < -0.39 is 0 Å². The van der Waals surface area contributed by atoms with Crippen molar-refractivity contribution in [1.82, 2.24) is 0 Å². The molecule has 0 radical (unpaired) electrons. The molecule has 0 aromatic heterocycles. The van der Waals surface area contributed by atoms with Gasteiger partial charge in [-0.15, -0.1) is 0 Å². The Morgan fingerprint density at radius 2 is 1.80 bits per heavy atom. The van der Waals surface area contributed by atoms with Gasteiger partial charge in [-0.1, -0.05) is 43.2 Å². The van der Waals surface area contributed by atoms with E-state index in [-0.39, 0.29) is 18.0 Å². The van der Waals surface area contributed by atoms with Crippen LogP contribution in [0.5, 0.6) is 11.5 Å². The van der Waals surface area contributed by atoms with Gasteiger partial charge in [-0.2, -0.15) is 0 Å². The van der Waals surface area contributed by atoms with Crippen molar-refractivity contribution in [3.8, 4) is 11.5 Å². The summed E-state index contributed by atoms with van der Waals surface area (Å²) in [5.41, 5.74) is 3.74. The highest BCUT2D eigenvalue weighted by atomic mass is 16.5. The first-order chi connectivity index (χ1) is 17.0. The SMILES string of the molecule is CC(=O)Oc1cc(OC(C)CCCc2ccccc2)cc2c1[C@@H]1CC(=O)CC[C@@H]1[C@@H]1CCCC[C@H]21. The first-order valence-electron chi connectivity index (χ1n) is 13.6. The second-order valence-electron chi connectivity index (χ2n) is 10.9. The summed E-state index contributed by atoms with van der Waals surface area (Å²) in [5.74, 6) is 3.21. The molecule has 5 atom stereocenters. The Bertz CT molecular complexity index is 1060. The normalized spacial score (nSPS) is 26.2. The minimum Gasteiger partial charge on any atom is -0.491 e. The maximum absolute atomic E-state index is 12.5. The van der Waals surface area contributed by atoms with Crippen LogP contribution in [0.1, 0.15) is 100 Å². The summed E-state index contributed by atoms with van der Waals surface area (Å²) in [4.78, 5) is 24.6. The molecule has 2 saturated carbocycles. The van der Waals surface area contributed by atoms with Crippen LogP contribution < -0.4 is 9.47 Å². The van der Waals surface area contributed by atoms with Crippen molar-refractivity contribution in [2.45, 2.75) is 96.0 Å².